The van der Waals surface area contributed by atoms with Gasteiger partial charge in [0.15, 0.2) is 0 Å². The van der Waals surface area contributed by atoms with Crippen LogP contribution in [0.15, 0.2) is 17.1 Å². The molecule has 23 heavy (non-hydrogen) atoms. The van der Waals surface area contributed by atoms with Crippen LogP contribution in [-0.4, -0.2) is 33.4 Å². The van der Waals surface area contributed by atoms with Gasteiger partial charge in [-0.2, -0.15) is 4.52 Å². The van der Waals surface area contributed by atoms with Crippen LogP contribution in [-0.2, 0) is 4.74 Å². The van der Waals surface area contributed by atoms with Crippen molar-refractivity contribution < 1.29 is 4.74 Å². The predicted molar refractivity (Wildman–Crippen MR) is 90.1 cm³/mol. The lowest BCUT2D eigenvalue weighted by Crippen LogP contribution is -2.62. The summed E-state index contributed by atoms with van der Waals surface area (Å²) >= 11 is 1.44. The van der Waals surface area contributed by atoms with Crippen molar-refractivity contribution in [3.63, 3.8) is 0 Å². The Morgan fingerprint density at radius 2 is 2.26 bits per heavy atom. The van der Waals surface area contributed by atoms with Gasteiger partial charge < -0.3 is 10.1 Å². The molecule has 2 aliphatic rings. The maximum Gasteiger partial charge on any atom is 0.275 e. The van der Waals surface area contributed by atoms with E-state index in [2.05, 4.69) is 22.3 Å². The normalized spacial score (nSPS) is 26.3. The van der Waals surface area contributed by atoms with Crippen molar-refractivity contribution in [1.29, 1.82) is 0 Å². The average molecular weight is 334 g/mol. The van der Waals surface area contributed by atoms with Crippen molar-refractivity contribution in [1.82, 2.24) is 14.6 Å². The molecule has 2 aliphatic carbocycles. The molecule has 1 N–H and O–H groups in total. The summed E-state index contributed by atoms with van der Waals surface area (Å²) in [6.45, 7) is 2.85. The van der Waals surface area contributed by atoms with E-state index in [1.54, 1.807) is 0 Å². The molecule has 0 aliphatic heterocycles. The molecule has 2 heterocycles. The zero-order valence-electron chi connectivity index (χ0n) is 13.3. The lowest BCUT2D eigenvalue weighted by atomic mass is 9.55. The van der Waals surface area contributed by atoms with Gasteiger partial charge in [-0.25, -0.2) is 4.98 Å². The van der Waals surface area contributed by atoms with Crippen molar-refractivity contribution in [2.75, 3.05) is 11.9 Å². The van der Waals surface area contributed by atoms with Crippen LogP contribution in [0.2, 0.25) is 0 Å². The van der Waals surface area contributed by atoms with Gasteiger partial charge in [-0.15, -0.1) is 5.10 Å². The highest BCUT2D eigenvalue weighted by molar-refractivity contribution is 7.20. The Balaban J connectivity index is 1.57. The van der Waals surface area contributed by atoms with Crippen LogP contribution >= 0.6 is 11.3 Å². The second-order valence-corrected chi connectivity index (χ2v) is 7.51. The van der Waals surface area contributed by atoms with Crippen LogP contribution in [0.5, 0.6) is 0 Å². The molecule has 2 aromatic heterocycles. The molecule has 0 radical (unpaired) electrons. The van der Waals surface area contributed by atoms with Crippen molar-refractivity contribution in [2.45, 2.75) is 57.6 Å². The van der Waals surface area contributed by atoms with Crippen molar-refractivity contribution in [3.8, 4) is 0 Å². The first-order chi connectivity index (χ1) is 11.2. The van der Waals surface area contributed by atoms with E-state index in [0.29, 0.717) is 17.1 Å². The summed E-state index contributed by atoms with van der Waals surface area (Å²) in [5.74, 6) is 0. The highest BCUT2D eigenvalue weighted by Gasteiger charge is 2.55. The number of nitrogens with zero attached hydrogens (tertiary/aromatic N) is 3. The molecule has 0 amide bonds. The second kappa shape index (κ2) is 5.87. The largest absolute Gasteiger partial charge is 0.378 e. The van der Waals surface area contributed by atoms with Crippen molar-refractivity contribution >= 4 is 21.4 Å². The zero-order chi connectivity index (χ0) is 15.9. The van der Waals surface area contributed by atoms with E-state index >= 15 is 0 Å². The maximum absolute atomic E-state index is 11.8. The van der Waals surface area contributed by atoms with E-state index < -0.39 is 0 Å². The van der Waals surface area contributed by atoms with Gasteiger partial charge in [0.05, 0.1) is 6.10 Å². The van der Waals surface area contributed by atoms with Crippen LogP contribution in [0.1, 0.15) is 45.4 Å². The summed E-state index contributed by atoms with van der Waals surface area (Å²) in [5.41, 5.74) is 0.109. The molecule has 7 heteroatoms. The first kappa shape index (κ1) is 15.1. The Bertz CT molecular complexity index is 750. The molecule has 124 valence electrons. The lowest BCUT2D eigenvalue weighted by Gasteiger charge is -2.57. The van der Waals surface area contributed by atoms with Crippen LogP contribution in [0, 0.1) is 5.41 Å². The molecule has 1 spiro atoms. The van der Waals surface area contributed by atoms with Crippen molar-refractivity contribution in [3.05, 3.63) is 22.6 Å². The van der Waals surface area contributed by atoms with E-state index in [9.17, 15) is 4.79 Å². The first-order valence-electron chi connectivity index (χ1n) is 8.46. The summed E-state index contributed by atoms with van der Waals surface area (Å²) < 4.78 is 7.37. The summed E-state index contributed by atoms with van der Waals surface area (Å²) in [6.07, 6.45) is 9.25. The van der Waals surface area contributed by atoms with Crippen LogP contribution < -0.4 is 10.9 Å². The summed E-state index contributed by atoms with van der Waals surface area (Å²) in [6, 6.07) is 1.82. The van der Waals surface area contributed by atoms with Crippen LogP contribution in [0.3, 0.4) is 0 Å². The minimum absolute atomic E-state index is 0.132. The number of rotatable bonds is 4. The molecule has 6 nitrogen and oxygen atoms in total. The number of anilines is 1. The number of aromatic nitrogens is 3. The standard InChI is InChI=1S/C16H22N4O2S/c1-2-22-12-10-11(16(12)7-4-3-5-8-16)18-14-19-20-13(21)6-9-17-15(20)23-14/h6,9,11-12H,2-5,7-8,10H2,1H3,(H,18,19)/t11-,12-/m0/s1. The minimum Gasteiger partial charge on any atom is -0.378 e. The Labute approximate surface area is 138 Å². The third kappa shape index (κ3) is 2.46. The quantitative estimate of drug-likeness (QED) is 0.931. The molecule has 0 saturated heterocycles. The number of hydrogen-bond donors (Lipinski definition) is 1. The molecule has 0 unspecified atom stereocenters. The van der Waals surface area contributed by atoms with Gasteiger partial charge in [-0.1, -0.05) is 30.6 Å². The van der Waals surface area contributed by atoms with E-state index in [1.165, 1.54) is 60.2 Å². The van der Waals surface area contributed by atoms with Gasteiger partial charge in [0.1, 0.15) is 0 Å². The fourth-order valence-corrected chi connectivity index (χ4v) is 5.04. The number of ether oxygens (including phenoxy) is 1. The molecular formula is C16H22N4O2S. The van der Waals surface area contributed by atoms with Gasteiger partial charge in [0, 0.05) is 30.3 Å². The lowest BCUT2D eigenvalue weighted by molar-refractivity contribution is -0.134. The predicted octanol–water partition coefficient (Wildman–Crippen LogP) is 2.69. The van der Waals surface area contributed by atoms with Gasteiger partial charge in [-0.3, -0.25) is 4.79 Å². The molecule has 2 atom stereocenters. The Hall–Kier alpha value is -1.47. The topological polar surface area (TPSA) is 68.5 Å². The highest BCUT2D eigenvalue weighted by Crippen LogP contribution is 2.54. The third-order valence-electron chi connectivity index (χ3n) is 5.41. The first-order valence-corrected chi connectivity index (χ1v) is 9.27. The summed E-state index contributed by atoms with van der Waals surface area (Å²) in [7, 11) is 0. The van der Waals surface area contributed by atoms with E-state index in [4.69, 9.17) is 4.74 Å². The third-order valence-corrected chi connectivity index (χ3v) is 6.26. The highest BCUT2D eigenvalue weighted by atomic mass is 32.1. The Kier molecular flexibility index (Phi) is 3.85. The van der Waals surface area contributed by atoms with Crippen LogP contribution in [0.25, 0.3) is 4.96 Å². The van der Waals surface area contributed by atoms with Crippen LogP contribution in [0.4, 0.5) is 5.13 Å². The van der Waals surface area contributed by atoms with Gasteiger partial charge >= 0.3 is 0 Å². The maximum atomic E-state index is 11.8. The van der Waals surface area contributed by atoms with Gasteiger partial charge in [-0.05, 0) is 26.2 Å². The number of nitrogens with one attached hydrogen (secondary N) is 1. The molecule has 2 fully saturated rings. The Morgan fingerprint density at radius 3 is 3.00 bits per heavy atom. The molecule has 2 saturated carbocycles. The fourth-order valence-electron chi connectivity index (χ4n) is 4.22. The van der Waals surface area contributed by atoms with Gasteiger partial charge in [0.2, 0.25) is 10.1 Å². The smallest absolute Gasteiger partial charge is 0.275 e. The average Bonchev–Trinajstić information content (AvgIpc) is 2.99. The minimum atomic E-state index is -0.132. The SMILES string of the molecule is CCO[C@H]1C[C@H](Nc2nn3c(=O)ccnc3s2)C12CCCCC2. The molecule has 0 bridgehead atoms. The summed E-state index contributed by atoms with van der Waals surface area (Å²) in [4.78, 5) is 16.7. The molecule has 4 rings (SSSR count). The van der Waals surface area contributed by atoms with Gasteiger partial charge in [0.25, 0.3) is 5.56 Å². The molecule has 2 aromatic rings. The van der Waals surface area contributed by atoms with Crippen molar-refractivity contribution in [2.24, 2.45) is 5.41 Å². The fraction of sp³-hybridized carbons (Fsp3) is 0.688. The molecular weight excluding hydrogens is 312 g/mol. The molecule has 0 aromatic carbocycles. The Morgan fingerprint density at radius 1 is 1.43 bits per heavy atom. The summed E-state index contributed by atoms with van der Waals surface area (Å²) in [5, 5.41) is 8.75. The van der Waals surface area contributed by atoms with E-state index in [-0.39, 0.29) is 11.0 Å². The zero-order valence-corrected chi connectivity index (χ0v) is 14.1. The number of fused-ring (bicyclic) bond motifs is 1. The van der Waals surface area contributed by atoms with E-state index in [1.807, 2.05) is 0 Å². The number of hydrogen-bond acceptors (Lipinski definition) is 6. The monoisotopic (exact) mass is 334 g/mol. The second-order valence-electron chi connectivity index (χ2n) is 6.56. The van der Waals surface area contributed by atoms with E-state index in [0.717, 1.165) is 18.2 Å².